The number of hydrogen-bond donors (Lipinski definition) is 8. The van der Waals surface area contributed by atoms with E-state index >= 15 is 0 Å². The number of carbonyl (C=O) groups is 1. The van der Waals surface area contributed by atoms with Crippen LogP contribution in [0.4, 0.5) is 0 Å². The van der Waals surface area contributed by atoms with Gasteiger partial charge in [-0.25, -0.2) is 0 Å². The van der Waals surface area contributed by atoms with Gasteiger partial charge in [-0.15, -0.1) is 0 Å². The zero-order chi connectivity index (χ0) is 32.6. The quantitative estimate of drug-likeness (QED) is 0.130. The zero-order valence-corrected chi connectivity index (χ0v) is 23.6. The van der Waals surface area contributed by atoms with Crippen LogP contribution < -0.4 is 10.2 Å². The van der Waals surface area contributed by atoms with Crippen LogP contribution in [-0.4, -0.2) is 121 Å². The van der Waals surface area contributed by atoms with Crippen LogP contribution in [0.2, 0.25) is 0 Å². The highest BCUT2D eigenvalue weighted by molar-refractivity contribution is 5.86. The van der Waals surface area contributed by atoms with Crippen molar-refractivity contribution in [2.45, 2.75) is 68.3 Å². The Bertz CT molecular complexity index is 1560. The Morgan fingerprint density at radius 3 is 2.18 bits per heavy atom. The number of hydrogen-bond acceptors (Lipinski definition) is 16. The lowest BCUT2D eigenvalue weighted by atomic mass is 9.97. The Labute approximate surface area is 253 Å². The summed E-state index contributed by atoms with van der Waals surface area (Å²) >= 11 is 0. The maximum Gasteiger partial charge on any atom is 0.302 e. The van der Waals surface area contributed by atoms with E-state index in [-0.39, 0.29) is 28.2 Å². The maximum absolute atomic E-state index is 12.8. The van der Waals surface area contributed by atoms with Gasteiger partial charge in [-0.2, -0.15) is 0 Å². The average molecular weight is 637 g/mol. The zero-order valence-electron chi connectivity index (χ0n) is 23.6. The van der Waals surface area contributed by atoms with E-state index < -0.39 is 91.8 Å². The van der Waals surface area contributed by atoms with Crippen LogP contribution in [0.15, 0.2) is 51.7 Å². The number of esters is 1. The first-order chi connectivity index (χ1) is 21.4. The lowest BCUT2D eigenvalue weighted by molar-refractivity contribution is -0.358. The van der Waals surface area contributed by atoms with Crippen LogP contribution >= 0.6 is 0 Å². The van der Waals surface area contributed by atoms with Crippen molar-refractivity contribution < 1.29 is 73.7 Å². The molecule has 0 spiro atoms. The third-order valence-corrected chi connectivity index (χ3v) is 7.42. The standard InChI is InChI=1S/C29H32O16/c1-11(31)40-10-20-23(36)24(37)26(39)28(44-20)45-27-25(38)22(35)19(9-30)43-29(27)41-14-6-15(33)21-16(34)8-17(42-18(21)7-14)12-2-4-13(32)5-3-12/h2-8,19-20,22-30,32-33,35-39H,9-10H2,1H3/t19-,20+,22-,23-,24+,25+,26-,27+,28+,29-/m1/s1. The van der Waals surface area contributed by atoms with Gasteiger partial charge in [0.15, 0.2) is 17.8 Å². The Morgan fingerprint density at radius 2 is 1.51 bits per heavy atom. The maximum atomic E-state index is 12.8. The third kappa shape index (κ3) is 6.74. The number of fused-ring (bicyclic) bond motifs is 1. The molecule has 16 heteroatoms. The molecule has 2 aliphatic heterocycles. The molecule has 16 nitrogen and oxygen atoms in total. The van der Waals surface area contributed by atoms with Gasteiger partial charge in [-0.1, -0.05) is 0 Å². The predicted octanol–water partition coefficient (Wildman–Crippen LogP) is -1.56. The first kappa shape index (κ1) is 32.6. The molecule has 0 radical (unpaired) electrons. The van der Waals surface area contributed by atoms with E-state index in [1.54, 1.807) is 0 Å². The smallest absolute Gasteiger partial charge is 0.302 e. The number of phenolic OH excluding ortho intramolecular Hbond substituents is 2. The molecule has 2 aliphatic rings. The van der Waals surface area contributed by atoms with Crippen molar-refractivity contribution in [2.75, 3.05) is 13.2 Å². The molecular formula is C29H32O16. The van der Waals surface area contributed by atoms with Gasteiger partial charge in [0.1, 0.15) is 83.3 Å². The molecule has 2 fully saturated rings. The van der Waals surface area contributed by atoms with Crippen molar-refractivity contribution in [2.24, 2.45) is 0 Å². The highest BCUT2D eigenvalue weighted by Crippen LogP contribution is 2.35. The highest BCUT2D eigenvalue weighted by Gasteiger charge is 2.51. The van der Waals surface area contributed by atoms with Crippen LogP contribution in [0.25, 0.3) is 22.3 Å². The molecule has 0 aliphatic carbocycles. The number of aliphatic hydroxyl groups is 6. The van der Waals surface area contributed by atoms with E-state index in [0.717, 1.165) is 19.1 Å². The minimum Gasteiger partial charge on any atom is -0.508 e. The number of aromatic hydroxyl groups is 2. The van der Waals surface area contributed by atoms with Gasteiger partial charge >= 0.3 is 5.97 Å². The summed E-state index contributed by atoms with van der Waals surface area (Å²) in [7, 11) is 0. The summed E-state index contributed by atoms with van der Waals surface area (Å²) < 4.78 is 33.3. The number of benzene rings is 2. The molecule has 0 amide bonds. The third-order valence-electron chi connectivity index (χ3n) is 7.42. The van der Waals surface area contributed by atoms with Crippen molar-refractivity contribution in [3.63, 3.8) is 0 Å². The minimum atomic E-state index is -1.90. The minimum absolute atomic E-state index is 0.00953. The van der Waals surface area contributed by atoms with Crippen molar-refractivity contribution in [1.82, 2.24) is 0 Å². The number of phenols is 2. The SMILES string of the molecule is CC(=O)OC[C@@H]1O[C@@H](O[C@@H]2[C@H](Oc3cc(O)c4c(=O)cc(-c5ccc(O)cc5)oc4c3)O[C@H](CO)[C@@H](O)[C@@H]2O)[C@H](O)[C@@H](O)[C@@H]1O. The summed E-state index contributed by atoms with van der Waals surface area (Å²) in [6, 6.07) is 9.22. The van der Waals surface area contributed by atoms with Gasteiger partial charge in [-0.05, 0) is 24.3 Å². The number of rotatable bonds is 8. The normalized spacial score (nSPS) is 31.9. The van der Waals surface area contributed by atoms with Crippen LogP contribution in [0.5, 0.6) is 17.2 Å². The van der Waals surface area contributed by atoms with Crippen molar-refractivity contribution in [3.05, 3.63) is 52.7 Å². The molecule has 0 saturated carbocycles. The van der Waals surface area contributed by atoms with Crippen molar-refractivity contribution >= 4 is 16.9 Å². The Hall–Kier alpha value is -3.84. The van der Waals surface area contributed by atoms with Crippen LogP contribution in [-0.2, 0) is 23.7 Å². The van der Waals surface area contributed by atoms with Gasteiger partial charge in [0.05, 0.1) is 6.61 Å². The van der Waals surface area contributed by atoms with Gasteiger partial charge in [-0.3, -0.25) is 9.59 Å². The fraction of sp³-hybridized carbons (Fsp3) is 0.448. The van der Waals surface area contributed by atoms with E-state index in [4.69, 9.17) is 28.1 Å². The number of carbonyl (C=O) groups excluding carboxylic acids is 1. The second-order valence-corrected chi connectivity index (χ2v) is 10.6. The monoisotopic (exact) mass is 636 g/mol. The molecule has 244 valence electrons. The molecule has 45 heavy (non-hydrogen) atoms. The van der Waals surface area contributed by atoms with Crippen molar-refractivity contribution in [3.8, 4) is 28.6 Å². The summed E-state index contributed by atoms with van der Waals surface area (Å²) in [4.78, 5) is 24.1. The van der Waals surface area contributed by atoms with E-state index in [0.29, 0.717) is 5.56 Å². The Morgan fingerprint density at radius 1 is 0.844 bits per heavy atom. The molecule has 3 heterocycles. The molecule has 2 saturated heterocycles. The Balaban J connectivity index is 1.45. The van der Waals surface area contributed by atoms with Gasteiger partial charge in [0.25, 0.3) is 0 Å². The van der Waals surface area contributed by atoms with E-state index in [2.05, 4.69) is 0 Å². The first-order valence-electron chi connectivity index (χ1n) is 13.8. The lowest BCUT2D eigenvalue weighted by Gasteiger charge is -2.45. The second kappa shape index (κ2) is 13.3. The molecular weight excluding hydrogens is 604 g/mol. The van der Waals surface area contributed by atoms with Crippen LogP contribution in [0.3, 0.4) is 0 Å². The fourth-order valence-corrected chi connectivity index (χ4v) is 5.03. The summed E-state index contributed by atoms with van der Waals surface area (Å²) in [5, 5.41) is 82.4. The fourth-order valence-electron chi connectivity index (χ4n) is 5.03. The lowest BCUT2D eigenvalue weighted by Crippen LogP contribution is -2.65. The van der Waals surface area contributed by atoms with Gasteiger partial charge in [0, 0.05) is 30.7 Å². The van der Waals surface area contributed by atoms with Crippen LogP contribution in [0, 0.1) is 0 Å². The van der Waals surface area contributed by atoms with E-state index in [9.17, 15) is 50.4 Å². The Kier molecular flexibility index (Phi) is 9.59. The summed E-state index contributed by atoms with van der Waals surface area (Å²) in [5.41, 5.74) is -0.274. The summed E-state index contributed by atoms with van der Waals surface area (Å²) in [5.74, 6) is -1.35. The molecule has 5 rings (SSSR count). The van der Waals surface area contributed by atoms with Crippen LogP contribution in [0.1, 0.15) is 6.92 Å². The predicted molar refractivity (Wildman–Crippen MR) is 148 cm³/mol. The molecule has 8 N–H and O–H groups in total. The molecule has 3 aromatic rings. The molecule has 2 aromatic carbocycles. The molecule has 0 unspecified atom stereocenters. The second-order valence-electron chi connectivity index (χ2n) is 10.6. The van der Waals surface area contributed by atoms with Gasteiger partial charge < -0.3 is 69.0 Å². The topological polar surface area (TPSA) is 255 Å². The first-order valence-corrected chi connectivity index (χ1v) is 13.8. The molecule has 1 aromatic heterocycles. The summed E-state index contributed by atoms with van der Waals surface area (Å²) in [6.07, 6.45) is -16.9. The van der Waals surface area contributed by atoms with Crippen molar-refractivity contribution in [1.29, 1.82) is 0 Å². The van der Waals surface area contributed by atoms with Gasteiger partial charge in [0.2, 0.25) is 6.29 Å². The largest absolute Gasteiger partial charge is 0.508 e. The number of aliphatic hydroxyl groups excluding tert-OH is 6. The molecule has 0 bridgehead atoms. The average Bonchev–Trinajstić information content (AvgIpc) is 2.99. The highest BCUT2D eigenvalue weighted by atomic mass is 16.8. The van der Waals surface area contributed by atoms with E-state index in [1.807, 2.05) is 0 Å². The molecule has 10 atom stereocenters. The van der Waals surface area contributed by atoms with E-state index in [1.165, 1.54) is 30.3 Å². The summed E-state index contributed by atoms with van der Waals surface area (Å²) in [6.45, 7) is -0.182. The number of ether oxygens (including phenoxy) is 5.